The Morgan fingerprint density at radius 3 is 2.68 bits per heavy atom. The minimum atomic E-state index is -0.197. The Labute approximate surface area is 147 Å². The Hall–Kier alpha value is -2.66. The first-order valence-corrected chi connectivity index (χ1v) is 8.52. The molecule has 0 spiro atoms. The van der Waals surface area contributed by atoms with Crippen LogP contribution in [0.15, 0.2) is 60.9 Å². The van der Waals surface area contributed by atoms with E-state index in [4.69, 9.17) is 5.11 Å². The fraction of sp³-hybridized carbons (Fsp3) is 0.300. The molecule has 3 N–H and O–H groups in total. The molecule has 130 valence electrons. The van der Waals surface area contributed by atoms with Crippen molar-refractivity contribution >= 4 is 6.03 Å². The van der Waals surface area contributed by atoms with Gasteiger partial charge in [-0.15, -0.1) is 0 Å². The number of urea groups is 1. The molecule has 5 heteroatoms. The van der Waals surface area contributed by atoms with Crippen LogP contribution in [0.5, 0.6) is 0 Å². The molecule has 1 aliphatic carbocycles. The number of carbonyl (C=O) groups excluding carboxylic acids is 1. The summed E-state index contributed by atoms with van der Waals surface area (Å²) >= 11 is 0. The molecule has 2 amide bonds. The Morgan fingerprint density at radius 2 is 2.04 bits per heavy atom. The molecule has 5 nitrogen and oxygen atoms in total. The normalized spacial score (nSPS) is 20.2. The number of nitrogens with one attached hydrogen (secondary N) is 2. The Balaban J connectivity index is 1.55. The molecule has 25 heavy (non-hydrogen) atoms. The molecule has 1 aliphatic rings. The van der Waals surface area contributed by atoms with Gasteiger partial charge in [0.1, 0.15) is 0 Å². The fourth-order valence-electron chi connectivity index (χ4n) is 3.00. The number of hydrogen-bond donors (Lipinski definition) is 3. The molecular weight excluding hydrogens is 314 g/mol. The highest BCUT2D eigenvalue weighted by Gasteiger charge is 2.20. The van der Waals surface area contributed by atoms with Crippen molar-refractivity contribution in [3.63, 3.8) is 0 Å². The highest BCUT2D eigenvalue weighted by molar-refractivity contribution is 5.75. The van der Waals surface area contributed by atoms with Crippen molar-refractivity contribution in [3.05, 3.63) is 66.5 Å². The lowest BCUT2D eigenvalue weighted by molar-refractivity contribution is 0.229. The van der Waals surface area contributed by atoms with Crippen molar-refractivity contribution in [2.24, 2.45) is 5.92 Å². The first-order chi connectivity index (χ1) is 12.2. The Bertz CT molecular complexity index is 728. The van der Waals surface area contributed by atoms with Crippen LogP contribution in [-0.4, -0.2) is 28.8 Å². The number of aliphatic hydroxyl groups is 1. The third kappa shape index (κ3) is 4.45. The maximum Gasteiger partial charge on any atom is 0.315 e. The van der Waals surface area contributed by atoms with Crippen LogP contribution in [0.3, 0.4) is 0 Å². The van der Waals surface area contributed by atoms with Crippen molar-refractivity contribution in [3.8, 4) is 11.1 Å². The van der Waals surface area contributed by atoms with Crippen LogP contribution < -0.4 is 10.6 Å². The third-order valence-electron chi connectivity index (χ3n) is 4.48. The topological polar surface area (TPSA) is 74.2 Å². The van der Waals surface area contributed by atoms with E-state index in [-0.39, 0.29) is 30.6 Å². The zero-order valence-corrected chi connectivity index (χ0v) is 14.2. The molecule has 1 aromatic carbocycles. The van der Waals surface area contributed by atoms with Gasteiger partial charge in [-0.1, -0.05) is 42.5 Å². The van der Waals surface area contributed by atoms with Gasteiger partial charge in [-0.2, -0.15) is 0 Å². The van der Waals surface area contributed by atoms with Gasteiger partial charge in [0.25, 0.3) is 0 Å². The summed E-state index contributed by atoms with van der Waals surface area (Å²) in [7, 11) is 0. The molecule has 0 fully saturated rings. The van der Waals surface area contributed by atoms with Crippen molar-refractivity contribution < 1.29 is 9.90 Å². The van der Waals surface area contributed by atoms with E-state index < -0.39 is 0 Å². The largest absolute Gasteiger partial charge is 0.396 e. The first kappa shape index (κ1) is 17.2. The lowest BCUT2D eigenvalue weighted by atomic mass is 10.0. The second kappa shape index (κ2) is 7.94. The van der Waals surface area contributed by atoms with Crippen LogP contribution in [0.1, 0.15) is 24.9 Å². The number of rotatable bonds is 5. The van der Waals surface area contributed by atoms with E-state index in [0.717, 1.165) is 23.1 Å². The molecule has 0 radical (unpaired) electrons. The number of aromatic nitrogens is 1. The van der Waals surface area contributed by atoms with Gasteiger partial charge in [0.2, 0.25) is 0 Å². The summed E-state index contributed by atoms with van der Waals surface area (Å²) < 4.78 is 0. The number of aliphatic hydroxyl groups excluding tert-OH is 1. The molecule has 0 aliphatic heterocycles. The molecule has 1 heterocycles. The van der Waals surface area contributed by atoms with Gasteiger partial charge in [0, 0.05) is 31.0 Å². The van der Waals surface area contributed by atoms with E-state index in [2.05, 4.69) is 15.6 Å². The molecule has 0 saturated heterocycles. The van der Waals surface area contributed by atoms with Crippen LogP contribution in [-0.2, 0) is 0 Å². The van der Waals surface area contributed by atoms with E-state index in [1.54, 1.807) is 6.20 Å². The standard InChI is InChI=1S/C20H23N3O2/c1-14(22-20(25)23-19-9-4-15(11-19)13-24)16-5-7-17(8-6-16)18-3-2-10-21-12-18/h2-10,12,14-15,19,24H,11,13H2,1H3,(H2,22,23,25)/t14?,15-,19+/m0/s1. The van der Waals surface area contributed by atoms with E-state index in [1.165, 1.54) is 0 Å². The van der Waals surface area contributed by atoms with E-state index in [0.29, 0.717) is 0 Å². The predicted molar refractivity (Wildman–Crippen MR) is 97.9 cm³/mol. The maximum atomic E-state index is 12.1. The summed E-state index contributed by atoms with van der Waals surface area (Å²) in [5.74, 6) is 0.141. The van der Waals surface area contributed by atoms with Crippen molar-refractivity contribution in [1.29, 1.82) is 0 Å². The van der Waals surface area contributed by atoms with Crippen LogP contribution >= 0.6 is 0 Å². The highest BCUT2D eigenvalue weighted by Crippen LogP contribution is 2.21. The number of carbonyl (C=O) groups is 1. The molecule has 1 aromatic heterocycles. The molecule has 0 bridgehead atoms. The predicted octanol–water partition coefficient (Wildman–Crippen LogP) is 3.05. The van der Waals surface area contributed by atoms with Gasteiger partial charge in [0.05, 0.1) is 6.04 Å². The molecule has 1 unspecified atom stereocenters. The van der Waals surface area contributed by atoms with Crippen molar-refractivity contribution in [1.82, 2.24) is 15.6 Å². The molecule has 0 saturated carbocycles. The SMILES string of the molecule is CC(NC(=O)N[C@@H]1C=C[C@H](CO)C1)c1ccc(-c2cccnc2)cc1. The van der Waals surface area contributed by atoms with Crippen LogP contribution in [0.25, 0.3) is 11.1 Å². The van der Waals surface area contributed by atoms with Gasteiger partial charge in [-0.3, -0.25) is 4.98 Å². The van der Waals surface area contributed by atoms with Crippen LogP contribution in [0.4, 0.5) is 4.79 Å². The molecule has 3 rings (SSSR count). The van der Waals surface area contributed by atoms with Crippen molar-refractivity contribution in [2.75, 3.05) is 6.61 Å². The zero-order valence-electron chi connectivity index (χ0n) is 14.2. The Morgan fingerprint density at radius 1 is 1.24 bits per heavy atom. The van der Waals surface area contributed by atoms with Gasteiger partial charge >= 0.3 is 6.03 Å². The second-order valence-electron chi connectivity index (χ2n) is 6.37. The maximum absolute atomic E-state index is 12.1. The van der Waals surface area contributed by atoms with Gasteiger partial charge < -0.3 is 15.7 Å². The highest BCUT2D eigenvalue weighted by atomic mass is 16.3. The molecule has 2 aromatic rings. The lowest BCUT2D eigenvalue weighted by Crippen LogP contribution is -2.41. The van der Waals surface area contributed by atoms with Crippen molar-refractivity contribution in [2.45, 2.75) is 25.4 Å². The number of benzene rings is 1. The summed E-state index contributed by atoms with van der Waals surface area (Å²) in [6.07, 6.45) is 8.22. The smallest absolute Gasteiger partial charge is 0.315 e. The average molecular weight is 337 g/mol. The molecule has 3 atom stereocenters. The van der Waals surface area contributed by atoms with Crippen LogP contribution in [0, 0.1) is 5.92 Å². The summed E-state index contributed by atoms with van der Waals surface area (Å²) in [6, 6.07) is 11.7. The van der Waals surface area contributed by atoms with E-state index in [1.807, 2.05) is 61.7 Å². The summed E-state index contributed by atoms with van der Waals surface area (Å²) in [5, 5.41) is 15.0. The number of amides is 2. The van der Waals surface area contributed by atoms with Gasteiger partial charge in [0.15, 0.2) is 0 Å². The first-order valence-electron chi connectivity index (χ1n) is 8.52. The monoisotopic (exact) mass is 337 g/mol. The quantitative estimate of drug-likeness (QED) is 0.734. The number of nitrogens with zero attached hydrogens (tertiary/aromatic N) is 1. The number of hydrogen-bond acceptors (Lipinski definition) is 3. The lowest BCUT2D eigenvalue weighted by Gasteiger charge is -2.18. The summed E-state index contributed by atoms with van der Waals surface area (Å²) in [4.78, 5) is 16.3. The Kier molecular flexibility index (Phi) is 5.46. The fourth-order valence-corrected chi connectivity index (χ4v) is 3.00. The number of pyridine rings is 1. The minimum absolute atomic E-state index is 0.0164. The van der Waals surface area contributed by atoms with Crippen LogP contribution in [0.2, 0.25) is 0 Å². The minimum Gasteiger partial charge on any atom is -0.396 e. The van der Waals surface area contributed by atoms with Gasteiger partial charge in [-0.25, -0.2) is 4.79 Å². The van der Waals surface area contributed by atoms with Gasteiger partial charge in [-0.05, 0) is 36.1 Å². The molecular formula is C20H23N3O2. The van der Waals surface area contributed by atoms with E-state index >= 15 is 0 Å². The van der Waals surface area contributed by atoms with E-state index in [9.17, 15) is 4.79 Å². The zero-order chi connectivity index (χ0) is 17.6. The third-order valence-corrected chi connectivity index (χ3v) is 4.48. The summed E-state index contributed by atoms with van der Waals surface area (Å²) in [5.41, 5.74) is 3.21. The average Bonchev–Trinajstić information content (AvgIpc) is 3.10. The summed E-state index contributed by atoms with van der Waals surface area (Å²) in [6.45, 7) is 2.08. The second-order valence-corrected chi connectivity index (χ2v) is 6.37.